The van der Waals surface area contributed by atoms with Crippen LogP contribution in [0.5, 0.6) is 23.0 Å². The van der Waals surface area contributed by atoms with Crippen LogP contribution in [0.3, 0.4) is 0 Å². The van der Waals surface area contributed by atoms with Gasteiger partial charge in [0.1, 0.15) is 0 Å². The minimum Gasteiger partial charge on any atom is -0.493 e. The van der Waals surface area contributed by atoms with Crippen molar-refractivity contribution in [2.75, 3.05) is 39.1 Å². The highest BCUT2D eigenvalue weighted by atomic mass is 16.5. The van der Waals surface area contributed by atoms with E-state index in [-0.39, 0.29) is 0 Å². The lowest BCUT2D eigenvalue weighted by Gasteiger charge is -2.09. The lowest BCUT2D eigenvalue weighted by Crippen LogP contribution is -1.96. The molecule has 0 atom stereocenters. The fraction of sp³-hybridized carbons (Fsp3) is 0.167. The molecule has 0 aromatic heterocycles. The van der Waals surface area contributed by atoms with Gasteiger partial charge in [0, 0.05) is 23.5 Å². The summed E-state index contributed by atoms with van der Waals surface area (Å²) in [4.78, 5) is 8.81. The molecule has 8 heteroatoms. The number of hydrogen-bond acceptors (Lipinski definition) is 6. The lowest BCUT2D eigenvalue weighted by molar-refractivity contribution is 0.355. The van der Waals surface area contributed by atoms with Crippen molar-refractivity contribution in [2.45, 2.75) is 0 Å². The molecule has 0 radical (unpaired) electrons. The van der Waals surface area contributed by atoms with Gasteiger partial charge in [-0.1, -0.05) is 0 Å². The zero-order chi connectivity index (χ0) is 22.8. The van der Waals surface area contributed by atoms with E-state index in [9.17, 15) is 0 Å². The monoisotopic (exact) mass is 434 g/mol. The lowest BCUT2D eigenvalue weighted by atomic mass is 10.3. The van der Waals surface area contributed by atoms with Gasteiger partial charge in [-0.15, -0.1) is 0 Å². The van der Waals surface area contributed by atoms with Crippen LogP contribution in [0.1, 0.15) is 0 Å². The molecule has 0 saturated carbocycles. The highest BCUT2D eigenvalue weighted by Crippen LogP contribution is 2.30. The number of aliphatic imine (C=N–C) groups is 2. The Morgan fingerprint density at radius 1 is 0.531 bits per heavy atom. The Labute approximate surface area is 187 Å². The molecule has 0 saturated heterocycles. The highest BCUT2D eigenvalue weighted by Gasteiger charge is 2.04. The third-order valence-electron chi connectivity index (χ3n) is 4.51. The summed E-state index contributed by atoms with van der Waals surface area (Å²) in [5.41, 5.74) is 3.28. The van der Waals surface area contributed by atoms with Crippen LogP contribution in [0.25, 0.3) is 0 Å². The second kappa shape index (κ2) is 11.3. The highest BCUT2D eigenvalue weighted by molar-refractivity contribution is 5.80. The van der Waals surface area contributed by atoms with Gasteiger partial charge in [-0.05, 0) is 48.5 Å². The summed E-state index contributed by atoms with van der Waals surface area (Å²) in [5.74, 6) is 2.64. The number of methoxy groups -OCH3 is 4. The average molecular weight is 434 g/mol. The normalized spacial score (nSPS) is 10.9. The van der Waals surface area contributed by atoms with E-state index in [1.54, 1.807) is 41.1 Å². The Balaban J connectivity index is 1.56. The van der Waals surface area contributed by atoms with Crippen molar-refractivity contribution in [1.82, 2.24) is 0 Å². The molecule has 3 rings (SSSR count). The fourth-order valence-corrected chi connectivity index (χ4v) is 2.84. The van der Waals surface area contributed by atoms with Gasteiger partial charge < -0.3 is 29.6 Å². The number of nitrogens with one attached hydrogen (secondary N) is 2. The number of anilines is 2. The molecule has 0 aliphatic heterocycles. The maximum Gasteiger partial charge on any atom is 0.162 e. The third-order valence-corrected chi connectivity index (χ3v) is 4.51. The zero-order valence-electron chi connectivity index (χ0n) is 18.5. The first-order valence-electron chi connectivity index (χ1n) is 9.79. The number of hydrogen-bond donors (Lipinski definition) is 2. The van der Waals surface area contributed by atoms with Crippen molar-refractivity contribution in [3.63, 3.8) is 0 Å². The molecule has 3 aromatic carbocycles. The largest absolute Gasteiger partial charge is 0.493 e. The van der Waals surface area contributed by atoms with Crippen LogP contribution in [0.2, 0.25) is 0 Å². The van der Waals surface area contributed by atoms with E-state index in [1.807, 2.05) is 60.7 Å². The van der Waals surface area contributed by atoms with Crippen molar-refractivity contribution in [3.8, 4) is 23.0 Å². The molecule has 0 amide bonds. The molecular formula is C24H26N4O4. The summed E-state index contributed by atoms with van der Waals surface area (Å²) in [6, 6.07) is 18.7. The molecule has 0 bridgehead atoms. The van der Waals surface area contributed by atoms with E-state index in [1.165, 1.54) is 0 Å². The number of ether oxygens (including phenoxy) is 4. The minimum atomic E-state index is 0.648. The number of rotatable bonds is 10. The van der Waals surface area contributed by atoms with Crippen molar-refractivity contribution in [1.29, 1.82) is 0 Å². The molecular weight excluding hydrogens is 408 g/mol. The molecule has 2 N–H and O–H groups in total. The molecule has 32 heavy (non-hydrogen) atoms. The molecule has 0 heterocycles. The maximum absolute atomic E-state index is 5.30. The molecule has 0 spiro atoms. The van der Waals surface area contributed by atoms with Crippen molar-refractivity contribution in [2.24, 2.45) is 9.98 Å². The smallest absolute Gasteiger partial charge is 0.162 e. The van der Waals surface area contributed by atoms with E-state index in [2.05, 4.69) is 20.6 Å². The van der Waals surface area contributed by atoms with Crippen LogP contribution in [0.4, 0.5) is 22.7 Å². The first-order chi connectivity index (χ1) is 15.7. The molecule has 0 aliphatic rings. The molecule has 0 unspecified atom stereocenters. The van der Waals surface area contributed by atoms with Gasteiger partial charge in [0.05, 0.1) is 52.5 Å². The quantitative estimate of drug-likeness (QED) is 0.334. The van der Waals surface area contributed by atoms with Crippen molar-refractivity contribution in [3.05, 3.63) is 60.7 Å². The standard InChI is InChI=1S/C24H26N4O4/c1-29-21-11-9-19(13-23(21)31-3)27-15-25-17-5-7-18(8-6-17)26-16-28-20-10-12-22(30-2)24(14-20)32-4/h5-16H,1-4H3,(H,25,27)(H,26,28). The van der Waals surface area contributed by atoms with Crippen LogP contribution < -0.4 is 29.6 Å². The number of nitrogens with zero attached hydrogens (tertiary/aromatic N) is 2. The van der Waals surface area contributed by atoms with Gasteiger partial charge in [-0.25, -0.2) is 9.98 Å². The zero-order valence-corrected chi connectivity index (χ0v) is 18.5. The van der Waals surface area contributed by atoms with Crippen molar-refractivity contribution >= 4 is 35.4 Å². The van der Waals surface area contributed by atoms with E-state index in [4.69, 9.17) is 18.9 Å². The van der Waals surface area contributed by atoms with Gasteiger partial charge in [0.2, 0.25) is 0 Å². The van der Waals surface area contributed by atoms with E-state index in [0.29, 0.717) is 23.0 Å². The van der Waals surface area contributed by atoms with E-state index in [0.717, 1.165) is 22.7 Å². The summed E-state index contributed by atoms with van der Waals surface area (Å²) in [7, 11) is 6.41. The van der Waals surface area contributed by atoms with Gasteiger partial charge in [-0.2, -0.15) is 0 Å². The topological polar surface area (TPSA) is 85.7 Å². The second-order valence-electron chi connectivity index (χ2n) is 6.46. The van der Waals surface area contributed by atoms with Crippen LogP contribution in [-0.2, 0) is 0 Å². The van der Waals surface area contributed by atoms with E-state index >= 15 is 0 Å². The Kier molecular flexibility index (Phi) is 7.91. The third kappa shape index (κ3) is 5.91. The predicted molar refractivity (Wildman–Crippen MR) is 129 cm³/mol. The Morgan fingerprint density at radius 3 is 1.25 bits per heavy atom. The Morgan fingerprint density at radius 2 is 0.906 bits per heavy atom. The Hall–Kier alpha value is -4.20. The summed E-state index contributed by atoms with van der Waals surface area (Å²) in [6.07, 6.45) is 3.25. The first kappa shape index (κ1) is 22.5. The molecule has 166 valence electrons. The molecule has 0 fully saturated rings. The maximum atomic E-state index is 5.30. The van der Waals surface area contributed by atoms with Gasteiger partial charge in [0.25, 0.3) is 0 Å². The van der Waals surface area contributed by atoms with Crippen LogP contribution in [0.15, 0.2) is 70.6 Å². The molecule has 8 nitrogen and oxygen atoms in total. The summed E-state index contributed by atoms with van der Waals surface area (Å²) in [5, 5.41) is 6.24. The second-order valence-corrected chi connectivity index (χ2v) is 6.46. The summed E-state index contributed by atoms with van der Waals surface area (Å²) in [6.45, 7) is 0. The molecule has 3 aromatic rings. The van der Waals surface area contributed by atoms with Crippen molar-refractivity contribution < 1.29 is 18.9 Å². The first-order valence-corrected chi connectivity index (χ1v) is 9.79. The summed E-state index contributed by atoms with van der Waals surface area (Å²) < 4.78 is 21.1. The average Bonchev–Trinajstić information content (AvgIpc) is 2.84. The summed E-state index contributed by atoms with van der Waals surface area (Å²) >= 11 is 0. The number of benzene rings is 3. The SMILES string of the molecule is COc1ccc(NC=Nc2ccc(N=CNc3ccc(OC)c(OC)c3)cc2)cc1OC. The predicted octanol–water partition coefficient (Wildman–Crippen LogP) is 5.26. The van der Waals surface area contributed by atoms with E-state index < -0.39 is 0 Å². The van der Waals surface area contributed by atoms with Crippen LogP contribution in [0, 0.1) is 0 Å². The van der Waals surface area contributed by atoms with Gasteiger partial charge in [0.15, 0.2) is 23.0 Å². The van der Waals surface area contributed by atoms with Gasteiger partial charge in [-0.3, -0.25) is 0 Å². The van der Waals surface area contributed by atoms with Crippen LogP contribution in [-0.4, -0.2) is 41.1 Å². The minimum absolute atomic E-state index is 0.648. The fourth-order valence-electron chi connectivity index (χ4n) is 2.84. The molecule has 0 aliphatic carbocycles. The Bertz CT molecular complexity index is 995. The van der Waals surface area contributed by atoms with Gasteiger partial charge >= 0.3 is 0 Å². The van der Waals surface area contributed by atoms with Crippen LogP contribution >= 0.6 is 0 Å².